The van der Waals surface area contributed by atoms with E-state index in [9.17, 15) is 0 Å². The SMILES string of the molecule is C[C@H]1CCC2(OCCO2)[C@@]2(C)CCCCC12. The molecule has 1 saturated heterocycles. The van der Waals surface area contributed by atoms with Gasteiger partial charge in [0.2, 0.25) is 0 Å². The summed E-state index contributed by atoms with van der Waals surface area (Å²) in [5.41, 5.74) is 0.277. The minimum Gasteiger partial charge on any atom is -0.347 e. The van der Waals surface area contributed by atoms with Gasteiger partial charge in [-0.1, -0.05) is 26.7 Å². The summed E-state index contributed by atoms with van der Waals surface area (Å²) in [5, 5.41) is 0. The third kappa shape index (κ3) is 1.32. The van der Waals surface area contributed by atoms with Crippen molar-refractivity contribution in [3.8, 4) is 0 Å². The minimum atomic E-state index is -0.218. The molecular weight excluding hydrogens is 200 g/mol. The highest BCUT2D eigenvalue weighted by atomic mass is 16.7. The average molecular weight is 224 g/mol. The molecule has 0 aromatic rings. The number of fused-ring (bicyclic) bond motifs is 2. The quantitative estimate of drug-likeness (QED) is 0.628. The molecule has 3 aliphatic rings. The molecule has 0 bridgehead atoms. The van der Waals surface area contributed by atoms with Crippen molar-refractivity contribution < 1.29 is 9.47 Å². The Hall–Kier alpha value is -0.0800. The third-order valence-corrected chi connectivity index (χ3v) is 5.52. The molecule has 1 spiro atoms. The Morgan fingerprint density at radius 3 is 2.50 bits per heavy atom. The highest BCUT2D eigenvalue weighted by molar-refractivity contribution is 5.04. The van der Waals surface area contributed by atoms with E-state index in [2.05, 4.69) is 13.8 Å². The van der Waals surface area contributed by atoms with Gasteiger partial charge < -0.3 is 9.47 Å². The summed E-state index contributed by atoms with van der Waals surface area (Å²) < 4.78 is 12.2. The summed E-state index contributed by atoms with van der Waals surface area (Å²) in [7, 11) is 0. The van der Waals surface area contributed by atoms with E-state index in [0.29, 0.717) is 0 Å². The van der Waals surface area contributed by atoms with E-state index in [4.69, 9.17) is 9.47 Å². The summed E-state index contributed by atoms with van der Waals surface area (Å²) in [6, 6.07) is 0. The topological polar surface area (TPSA) is 18.5 Å². The van der Waals surface area contributed by atoms with Crippen molar-refractivity contribution in [2.75, 3.05) is 13.2 Å². The van der Waals surface area contributed by atoms with Crippen LogP contribution in [0.15, 0.2) is 0 Å². The van der Waals surface area contributed by atoms with Crippen LogP contribution in [-0.2, 0) is 9.47 Å². The first kappa shape index (κ1) is 11.0. The molecule has 0 N–H and O–H groups in total. The van der Waals surface area contributed by atoms with Gasteiger partial charge in [-0.2, -0.15) is 0 Å². The van der Waals surface area contributed by atoms with Crippen LogP contribution in [0.3, 0.4) is 0 Å². The molecular formula is C14H24O2. The Morgan fingerprint density at radius 1 is 1.00 bits per heavy atom. The molecule has 1 heterocycles. The van der Waals surface area contributed by atoms with Crippen LogP contribution in [0.5, 0.6) is 0 Å². The zero-order valence-electron chi connectivity index (χ0n) is 10.6. The largest absolute Gasteiger partial charge is 0.347 e. The molecule has 1 unspecified atom stereocenters. The van der Waals surface area contributed by atoms with E-state index < -0.39 is 0 Å². The van der Waals surface area contributed by atoms with Crippen LogP contribution in [0.1, 0.15) is 52.4 Å². The molecule has 2 heteroatoms. The molecule has 0 radical (unpaired) electrons. The van der Waals surface area contributed by atoms with Gasteiger partial charge in [0, 0.05) is 11.8 Å². The van der Waals surface area contributed by atoms with Crippen molar-refractivity contribution in [2.45, 2.75) is 58.2 Å². The van der Waals surface area contributed by atoms with Crippen LogP contribution in [0.25, 0.3) is 0 Å². The zero-order chi connectivity index (χ0) is 11.2. The second kappa shape index (κ2) is 3.71. The molecule has 16 heavy (non-hydrogen) atoms. The van der Waals surface area contributed by atoms with Gasteiger partial charge in [0.15, 0.2) is 5.79 Å². The molecule has 2 saturated carbocycles. The molecule has 2 aliphatic carbocycles. The molecule has 3 rings (SSSR count). The van der Waals surface area contributed by atoms with Crippen LogP contribution in [0.4, 0.5) is 0 Å². The summed E-state index contributed by atoms with van der Waals surface area (Å²) in [6.45, 7) is 6.46. The van der Waals surface area contributed by atoms with E-state index >= 15 is 0 Å². The molecule has 0 aromatic carbocycles. The van der Waals surface area contributed by atoms with Gasteiger partial charge in [-0.3, -0.25) is 0 Å². The maximum absolute atomic E-state index is 6.08. The Balaban J connectivity index is 1.95. The lowest BCUT2D eigenvalue weighted by Gasteiger charge is -2.57. The van der Waals surface area contributed by atoms with Gasteiger partial charge in [0.25, 0.3) is 0 Å². The van der Waals surface area contributed by atoms with Gasteiger partial charge in [0.05, 0.1) is 13.2 Å². The molecule has 3 atom stereocenters. The predicted molar refractivity (Wildman–Crippen MR) is 63.1 cm³/mol. The first-order valence-corrected chi connectivity index (χ1v) is 6.96. The molecule has 92 valence electrons. The first-order valence-electron chi connectivity index (χ1n) is 6.96. The number of hydrogen-bond donors (Lipinski definition) is 0. The fourth-order valence-electron chi connectivity index (χ4n) is 4.58. The standard InChI is InChI=1S/C14H24O2/c1-11-6-8-14(15-9-10-16-14)13(2)7-4-3-5-12(11)13/h11-12H,3-10H2,1-2H3/t11-,12?,13-/m0/s1. The monoisotopic (exact) mass is 224 g/mol. The summed E-state index contributed by atoms with van der Waals surface area (Å²) in [5.74, 6) is 1.45. The van der Waals surface area contributed by atoms with E-state index in [1.807, 2.05) is 0 Å². The van der Waals surface area contributed by atoms with E-state index in [1.54, 1.807) is 0 Å². The highest BCUT2D eigenvalue weighted by Crippen LogP contribution is 2.59. The number of ether oxygens (including phenoxy) is 2. The van der Waals surface area contributed by atoms with Crippen molar-refractivity contribution in [3.05, 3.63) is 0 Å². The average Bonchev–Trinajstić information content (AvgIpc) is 2.75. The number of hydrogen-bond acceptors (Lipinski definition) is 2. The van der Waals surface area contributed by atoms with Gasteiger partial charge >= 0.3 is 0 Å². The fraction of sp³-hybridized carbons (Fsp3) is 1.00. The molecule has 3 fully saturated rings. The summed E-state index contributed by atoms with van der Waals surface area (Å²) >= 11 is 0. The molecule has 2 nitrogen and oxygen atoms in total. The van der Waals surface area contributed by atoms with Gasteiger partial charge in [0.1, 0.15) is 0 Å². The maximum Gasteiger partial charge on any atom is 0.174 e. The lowest BCUT2D eigenvalue weighted by molar-refractivity contribution is -0.284. The zero-order valence-corrected chi connectivity index (χ0v) is 10.6. The molecule has 1 aliphatic heterocycles. The van der Waals surface area contributed by atoms with Crippen LogP contribution >= 0.6 is 0 Å². The minimum absolute atomic E-state index is 0.218. The lowest BCUT2D eigenvalue weighted by Crippen LogP contribution is -2.57. The van der Waals surface area contributed by atoms with Gasteiger partial charge in [-0.25, -0.2) is 0 Å². The van der Waals surface area contributed by atoms with E-state index in [-0.39, 0.29) is 11.2 Å². The van der Waals surface area contributed by atoms with Crippen LogP contribution in [0.2, 0.25) is 0 Å². The second-order valence-electron chi connectivity index (χ2n) is 6.24. The molecule has 0 amide bonds. The Kier molecular flexibility index (Phi) is 2.56. The Morgan fingerprint density at radius 2 is 1.75 bits per heavy atom. The van der Waals surface area contributed by atoms with Crippen molar-refractivity contribution in [3.63, 3.8) is 0 Å². The van der Waals surface area contributed by atoms with E-state index in [1.165, 1.54) is 32.1 Å². The molecule has 0 aromatic heterocycles. The van der Waals surface area contributed by atoms with E-state index in [0.717, 1.165) is 31.5 Å². The third-order valence-electron chi connectivity index (χ3n) is 5.52. The Labute approximate surface area is 98.7 Å². The summed E-state index contributed by atoms with van der Waals surface area (Å²) in [4.78, 5) is 0. The smallest absolute Gasteiger partial charge is 0.174 e. The van der Waals surface area contributed by atoms with Crippen molar-refractivity contribution in [1.82, 2.24) is 0 Å². The van der Waals surface area contributed by atoms with Crippen LogP contribution < -0.4 is 0 Å². The number of rotatable bonds is 0. The summed E-state index contributed by atoms with van der Waals surface area (Å²) in [6.07, 6.45) is 7.82. The lowest BCUT2D eigenvalue weighted by atomic mass is 9.54. The maximum atomic E-state index is 6.08. The predicted octanol–water partition coefficient (Wildman–Crippen LogP) is 3.36. The van der Waals surface area contributed by atoms with Crippen LogP contribution in [-0.4, -0.2) is 19.0 Å². The fourth-order valence-corrected chi connectivity index (χ4v) is 4.58. The second-order valence-corrected chi connectivity index (χ2v) is 6.24. The van der Waals surface area contributed by atoms with Crippen molar-refractivity contribution >= 4 is 0 Å². The highest BCUT2D eigenvalue weighted by Gasteiger charge is 2.60. The first-order chi connectivity index (χ1) is 7.68. The van der Waals surface area contributed by atoms with Gasteiger partial charge in [-0.15, -0.1) is 0 Å². The van der Waals surface area contributed by atoms with Gasteiger partial charge in [-0.05, 0) is 31.1 Å². The van der Waals surface area contributed by atoms with Crippen LogP contribution in [0, 0.1) is 17.3 Å². The van der Waals surface area contributed by atoms with Crippen molar-refractivity contribution in [1.29, 1.82) is 0 Å². The normalized spacial score (nSPS) is 46.9. The Bertz CT molecular complexity index is 270. The van der Waals surface area contributed by atoms with Crippen molar-refractivity contribution in [2.24, 2.45) is 17.3 Å².